The number of carbonyl (C=O) groups excluding carboxylic acids is 2. The van der Waals surface area contributed by atoms with E-state index in [1.165, 1.54) is 148 Å². The van der Waals surface area contributed by atoms with Crippen molar-refractivity contribution in [2.75, 3.05) is 52.7 Å². The van der Waals surface area contributed by atoms with Crippen LogP contribution in [-0.2, 0) is 18.9 Å². The van der Waals surface area contributed by atoms with E-state index in [-0.39, 0.29) is 13.2 Å². The number of rotatable bonds is 44. The number of ether oxygens (including phenoxy) is 4. The minimum Gasteiger partial charge on any atom is -0.434 e. The number of unbranched alkanes of at least 4 members (excludes halogenated alkanes) is 20. The van der Waals surface area contributed by atoms with E-state index >= 15 is 0 Å². The van der Waals surface area contributed by atoms with E-state index < -0.39 is 18.4 Å². The number of likely N-dealkylation sites (N-methyl/N-ethyl adjacent to an activating group) is 1. The summed E-state index contributed by atoms with van der Waals surface area (Å²) in [4.78, 5) is 26.0. The van der Waals surface area contributed by atoms with Crippen molar-refractivity contribution in [1.82, 2.24) is 4.90 Å². The lowest BCUT2D eigenvalue weighted by atomic mass is 9.95. The van der Waals surface area contributed by atoms with E-state index in [0.29, 0.717) is 51.0 Å². The van der Waals surface area contributed by atoms with Crippen LogP contribution in [0.4, 0.5) is 9.59 Å². The summed E-state index contributed by atoms with van der Waals surface area (Å²) >= 11 is 0. The van der Waals surface area contributed by atoms with Gasteiger partial charge in [0.15, 0.2) is 0 Å². The minimum absolute atomic E-state index is 0.246. The van der Waals surface area contributed by atoms with Crippen LogP contribution in [-0.4, -0.2) is 86.2 Å². The molecule has 0 saturated carbocycles. The Kier molecular flexibility index (Phi) is 50.5. The first-order valence-electron chi connectivity index (χ1n) is 25.9. The molecular formula is C51H103NO8. The van der Waals surface area contributed by atoms with Crippen molar-refractivity contribution in [3.8, 4) is 0 Å². The monoisotopic (exact) mass is 858 g/mol. The molecule has 0 rings (SSSR count). The third-order valence-corrected chi connectivity index (χ3v) is 11.7. The van der Waals surface area contributed by atoms with Gasteiger partial charge in [0, 0.05) is 13.2 Å². The van der Waals surface area contributed by atoms with Gasteiger partial charge in [0.1, 0.15) is 0 Å². The fourth-order valence-corrected chi connectivity index (χ4v) is 7.57. The first kappa shape index (κ1) is 60.5. The SMILES string of the molecule is CCCCCCCCC(CCCCCC)COC(=O)OCCCC.CCCCCCCCC(CCCCCCC)COC(=O)OCCCC(O)CN(CC)CCCCCO. The van der Waals surface area contributed by atoms with E-state index in [2.05, 4.69) is 46.4 Å². The molecule has 0 aliphatic heterocycles. The lowest BCUT2D eigenvalue weighted by Crippen LogP contribution is -2.33. The van der Waals surface area contributed by atoms with Crippen LogP contribution in [0.15, 0.2) is 0 Å². The van der Waals surface area contributed by atoms with E-state index in [0.717, 1.165) is 58.0 Å². The molecule has 0 aromatic heterocycles. The zero-order chi connectivity index (χ0) is 44.6. The highest BCUT2D eigenvalue weighted by Crippen LogP contribution is 2.21. The van der Waals surface area contributed by atoms with Gasteiger partial charge in [-0.3, -0.25) is 0 Å². The van der Waals surface area contributed by atoms with Gasteiger partial charge < -0.3 is 34.1 Å². The fourth-order valence-electron chi connectivity index (χ4n) is 7.57. The van der Waals surface area contributed by atoms with E-state index in [1.807, 2.05) is 0 Å². The Morgan fingerprint density at radius 1 is 0.433 bits per heavy atom. The molecule has 3 atom stereocenters. The van der Waals surface area contributed by atoms with Crippen molar-refractivity contribution in [2.24, 2.45) is 11.8 Å². The van der Waals surface area contributed by atoms with E-state index in [1.54, 1.807) is 0 Å². The van der Waals surface area contributed by atoms with Gasteiger partial charge in [-0.1, -0.05) is 183 Å². The number of aliphatic hydroxyl groups excluding tert-OH is 2. The second kappa shape index (κ2) is 50.1. The maximum Gasteiger partial charge on any atom is 0.508 e. The van der Waals surface area contributed by atoms with Crippen LogP contribution >= 0.6 is 0 Å². The number of nitrogens with zero attached hydrogens (tertiary/aromatic N) is 1. The molecule has 360 valence electrons. The Balaban J connectivity index is 0. The highest BCUT2D eigenvalue weighted by Gasteiger charge is 2.15. The highest BCUT2D eigenvalue weighted by molar-refractivity contribution is 5.60. The average molecular weight is 858 g/mol. The van der Waals surface area contributed by atoms with Crippen molar-refractivity contribution in [3.63, 3.8) is 0 Å². The van der Waals surface area contributed by atoms with E-state index in [9.17, 15) is 14.7 Å². The maximum atomic E-state index is 12.1. The molecule has 0 bridgehead atoms. The summed E-state index contributed by atoms with van der Waals surface area (Å²) in [7, 11) is 0. The maximum absolute atomic E-state index is 12.1. The average Bonchev–Trinajstić information content (AvgIpc) is 3.25. The van der Waals surface area contributed by atoms with Gasteiger partial charge in [-0.15, -0.1) is 0 Å². The molecule has 0 heterocycles. The number of hydrogen-bond donors (Lipinski definition) is 2. The zero-order valence-electron chi connectivity index (χ0n) is 40.8. The molecule has 9 nitrogen and oxygen atoms in total. The number of aliphatic hydroxyl groups is 2. The molecule has 0 aromatic rings. The summed E-state index contributed by atoms with van der Waals surface area (Å²) in [6.45, 7) is 17.7. The Hall–Kier alpha value is -1.58. The molecule has 3 unspecified atom stereocenters. The molecular weight excluding hydrogens is 755 g/mol. The van der Waals surface area contributed by atoms with Gasteiger partial charge in [0.05, 0.1) is 32.5 Å². The standard InChI is InChI=1S/C30H61NO5.C21H42O3/c1-4-7-9-11-13-16-21-28(20-15-12-10-8-5-2)27-36-30(34)35-25-19-22-29(33)26-31(6-3)23-17-14-18-24-32;1-4-7-10-12-13-15-17-20(16-14-11-8-5-2)19-24-21(22)23-18-9-6-3/h28-29,32-33H,4-27H2,1-3H3;20H,4-19H2,1-3H3. The van der Waals surface area contributed by atoms with Crippen LogP contribution in [0.5, 0.6) is 0 Å². The third kappa shape index (κ3) is 45.9. The van der Waals surface area contributed by atoms with Crippen molar-refractivity contribution in [3.05, 3.63) is 0 Å². The van der Waals surface area contributed by atoms with Gasteiger partial charge in [-0.2, -0.15) is 0 Å². The second-order valence-corrected chi connectivity index (χ2v) is 17.5. The van der Waals surface area contributed by atoms with Crippen LogP contribution in [0.1, 0.15) is 247 Å². The predicted molar refractivity (Wildman–Crippen MR) is 253 cm³/mol. The molecule has 0 amide bonds. The lowest BCUT2D eigenvalue weighted by molar-refractivity contribution is 0.0361. The molecule has 0 fully saturated rings. The number of carbonyl (C=O) groups is 2. The molecule has 0 aliphatic carbocycles. The topological polar surface area (TPSA) is 115 Å². The Morgan fingerprint density at radius 2 is 0.800 bits per heavy atom. The van der Waals surface area contributed by atoms with Crippen molar-refractivity contribution < 1.29 is 38.7 Å². The molecule has 0 spiro atoms. The predicted octanol–water partition coefficient (Wildman–Crippen LogP) is 14.8. The van der Waals surface area contributed by atoms with Crippen LogP contribution in [0.3, 0.4) is 0 Å². The smallest absolute Gasteiger partial charge is 0.434 e. The van der Waals surface area contributed by atoms with E-state index in [4.69, 9.17) is 24.1 Å². The lowest BCUT2D eigenvalue weighted by Gasteiger charge is -2.23. The van der Waals surface area contributed by atoms with Crippen LogP contribution in [0.25, 0.3) is 0 Å². The summed E-state index contributed by atoms with van der Waals surface area (Å²) in [6, 6.07) is 0. The van der Waals surface area contributed by atoms with Crippen LogP contribution in [0, 0.1) is 11.8 Å². The van der Waals surface area contributed by atoms with Crippen molar-refractivity contribution >= 4 is 12.3 Å². The summed E-state index contributed by atoms with van der Waals surface area (Å²) in [5, 5.41) is 19.2. The van der Waals surface area contributed by atoms with Gasteiger partial charge in [-0.25, -0.2) is 9.59 Å². The largest absolute Gasteiger partial charge is 0.508 e. The third-order valence-electron chi connectivity index (χ3n) is 11.7. The highest BCUT2D eigenvalue weighted by atomic mass is 16.7. The quantitative estimate of drug-likeness (QED) is 0.0456. The van der Waals surface area contributed by atoms with Gasteiger partial charge in [-0.05, 0) is 89.1 Å². The summed E-state index contributed by atoms with van der Waals surface area (Å²) < 4.78 is 21.2. The van der Waals surface area contributed by atoms with Crippen molar-refractivity contribution in [1.29, 1.82) is 0 Å². The zero-order valence-corrected chi connectivity index (χ0v) is 40.8. The van der Waals surface area contributed by atoms with Crippen LogP contribution < -0.4 is 0 Å². The minimum atomic E-state index is -0.567. The van der Waals surface area contributed by atoms with Crippen LogP contribution in [0.2, 0.25) is 0 Å². The summed E-state index contributed by atoms with van der Waals surface area (Å²) in [6.07, 6.45) is 36.4. The molecule has 9 heteroatoms. The fraction of sp³-hybridized carbons (Fsp3) is 0.961. The molecule has 0 aromatic carbocycles. The van der Waals surface area contributed by atoms with Gasteiger partial charge in [0.2, 0.25) is 0 Å². The second-order valence-electron chi connectivity index (χ2n) is 17.5. The molecule has 2 N–H and O–H groups in total. The Bertz CT molecular complexity index is 861. The number of hydrogen-bond acceptors (Lipinski definition) is 9. The molecule has 0 saturated heterocycles. The molecule has 60 heavy (non-hydrogen) atoms. The van der Waals surface area contributed by atoms with Crippen molar-refractivity contribution in [2.45, 2.75) is 253 Å². The normalized spacial score (nSPS) is 12.8. The Labute approximate surface area is 372 Å². The summed E-state index contributed by atoms with van der Waals surface area (Å²) in [5.74, 6) is 0.941. The molecule has 0 radical (unpaired) electrons. The first-order valence-corrected chi connectivity index (χ1v) is 25.9. The van der Waals surface area contributed by atoms with Gasteiger partial charge in [0.25, 0.3) is 0 Å². The Morgan fingerprint density at radius 3 is 1.20 bits per heavy atom. The summed E-state index contributed by atoms with van der Waals surface area (Å²) in [5.41, 5.74) is 0. The molecule has 0 aliphatic rings. The van der Waals surface area contributed by atoms with Gasteiger partial charge >= 0.3 is 12.3 Å². The first-order chi connectivity index (χ1) is 29.3.